The quantitative estimate of drug-likeness (QED) is 0.544. The van der Waals surface area contributed by atoms with Crippen molar-refractivity contribution < 1.29 is 0 Å². The number of benzene rings is 1. The van der Waals surface area contributed by atoms with Crippen molar-refractivity contribution in [1.29, 1.82) is 0 Å². The summed E-state index contributed by atoms with van der Waals surface area (Å²) < 4.78 is 3.15. The molecule has 0 spiro atoms. The summed E-state index contributed by atoms with van der Waals surface area (Å²) in [5, 5.41) is 0.754. The normalized spacial score (nSPS) is 24.5. The highest BCUT2D eigenvalue weighted by Crippen LogP contribution is 2.35. The molecule has 2 aromatic rings. The fourth-order valence-electron chi connectivity index (χ4n) is 3.29. The first-order valence-corrected chi connectivity index (χ1v) is 7.85. The Morgan fingerprint density at radius 3 is 2.89 bits per heavy atom. The van der Waals surface area contributed by atoms with Crippen molar-refractivity contribution in [1.82, 2.24) is 9.55 Å². The molecule has 0 aliphatic heterocycles. The van der Waals surface area contributed by atoms with Gasteiger partial charge in [-0.3, -0.25) is 0 Å². The van der Waals surface area contributed by atoms with Crippen LogP contribution in [0.4, 0.5) is 0 Å². The van der Waals surface area contributed by atoms with Crippen molar-refractivity contribution in [2.45, 2.75) is 45.1 Å². The number of H-pyrrole nitrogens is 1. The zero-order valence-corrected chi connectivity index (χ0v) is 12.7. The molecule has 2 nitrogen and oxygen atoms in total. The Morgan fingerprint density at radius 2 is 2.05 bits per heavy atom. The average Bonchev–Trinajstić information content (AvgIpc) is 2.54. The predicted molar refractivity (Wildman–Crippen MR) is 83.4 cm³/mol. The van der Waals surface area contributed by atoms with Crippen LogP contribution < -0.4 is 0 Å². The highest BCUT2D eigenvalue weighted by molar-refractivity contribution is 7.71. The summed E-state index contributed by atoms with van der Waals surface area (Å²) in [6, 6.07) is 6.51. The van der Waals surface area contributed by atoms with Crippen LogP contribution in [0.2, 0.25) is 5.02 Å². The lowest BCUT2D eigenvalue weighted by molar-refractivity contribution is 0.338. The molecule has 0 saturated heterocycles. The number of nitrogens with zero attached hydrogens (tertiary/aromatic N) is 1. The Labute approximate surface area is 123 Å². The second-order valence-electron chi connectivity index (χ2n) is 5.64. The van der Waals surface area contributed by atoms with E-state index >= 15 is 0 Å². The minimum Gasteiger partial charge on any atom is -0.331 e. The number of halogens is 1. The van der Waals surface area contributed by atoms with Crippen LogP contribution in [-0.4, -0.2) is 9.55 Å². The molecule has 1 aromatic carbocycles. The lowest BCUT2D eigenvalue weighted by atomic mass is 9.96. The molecule has 2 unspecified atom stereocenters. The molecule has 4 heteroatoms. The van der Waals surface area contributed by atoms with Gasteiger partial charge in [0.2, 0.25) is 0 Å². The largest absolute Gasteiger partial charge is 0.331 e. The van der Waals surface area contributed by atoms with Crippen molar-refractivity contribution in [3.63, 3.8) is 0 Å². The molecule has 1 heterocycles. The van der Waals surface area contributed by atoms with Crippen LogP contribution in [0.3, 0.4) is 0 Å². The van der Waals surface area contributed by atoms with Gasteiger partial charge in [-0.05, 0) is 49.2 Å². The van der Waals surface area contributed by atoms with Gasteiger partial charge in [0, 0.05) is 11.1 Å². The van der Waals surface area contributed by atoms with Crippen LogP contribution in [0.25, 0.3) is 11.0 Å². The third-order valence-corrected chi connectivity index (χ3v) is 4.86. The summed E-state index contributed by atoms with van der Waals surface area (Å²) in [7, 11) is 0. The standard InChI is InChI=1S/C15H19ClN2S/c1-10-5-3-2-4-6-13(10)18-14-8-7-11(16)9-12(14)17-15(18)19/h7-10,13H,2-6H2,1H3,(H,17,19). The topological polar surface area (TPSA) is 20.7 Å². The molecule has 0 bridgehead atoms. The number of hydrogen-bond donors (Lipinski definition) is 1. The van der Waals surface area contributed by atoms with Gasteiger partial charge in [0.15, 0.2) is 4.77 Å². The van der Waals surface area contributed by atoms with E-state index in [9.17, 15) is 0 Å². The number of hydrogen-bond acceptors (Lipinski definition) is 1. The summed E-state index contributed by atoms with van der Waals surface area (Å²) in [5.74, 6) is 0.684. The molecule has 19 heavy (non-hydrogen) atoms. The number of nitrogens with one attached hydrogen (secondary N) is 1. The van der Waals surface area contributed by atoms with Crippen LogP contribution in [0.15, 0.2) is 18.2 Å². The van der Waals surface area contributed by atoms with Gasteiger partial charge in [-0.1, -0.05) is 37.8 Å². The van der Waals surface area contributed by atoms with Gasteiger partial charge in [0.05, 0.1) is 11.0 Å². The lowest BCUT2D eigenvalue weighted by Crippen LogP contribution is -2.16. The first-order valence-electron chi connectivity index (χ1n) is 7.06. The summed E-state index contributed by atoms with van der Waals surface area (Å²) in [5.41, 5.74) is 2.24. The molecular weight excluding hydrogens is 276 g/mol. The fraction of sp³-hybridized carbons (Fsp3) is 0.533. The monoisotopic (exact) mass is 294 g/mol. The minimum atomic E-state index is 0.518. The van der Waals surface area contributed by atoms with Crippen LogP contribution in [0.1, 0.15) is 45.1 Å². The van der Waals surface area contributed by atoms with Gasteiger partial charge in [-0.2, -0.15) is 0 Å². The first kappa shape index (κ1) is 13.2. The van der Waals surface area contributed by atoms with Crippen LogP contribution in [0.5, 0.6) is 0 Å². The Morgan fingerprint density at radius 1 is 1.26 bits per heavy atom. The van der Waals surface area contributed by atoms with E-state index in [4.69, 9.17) is 23.8 Å². The molecule has 3 rings (SSSR count). The van der Waals surface area contributed by atoms with E-state index in [0.29, 0.717) is 12.0 Å². The van der Waals surface area contributed by atoms with Gasteiger partial charge in [0.25, 0.3) is 0 Å². The van der Waals surface area contributed by atoms with Crippen LogP contribution in [-0.2, 0) is 0 Å². The van der Waals surface area contributed by atoms with E-state index in [1.54, 1.807) is 0 Å². The number of aromatic nitrogens is 2. The molecule has 1 aliphatic carbocycles. The van der Waals surface area contributed by atoms with Crippen molar-refractivity contribution in [2.75, 3.05) is 0 Å². The zero-order valence-electron chi connectivity index (χ0n) is 11.2. The van der Waals surface area contributed by atoms with Gasteiger partial charge in [-0.25, -0.2) is 0 Å². The van der Waals surface area contributed by atoms with Crippen molar-refractivity contribution in [2.24, 2.45) is 5.92 Å². The second kappa shape index (κ2) is 5.29. The maximum Gasteiger partial charge on any atom is 0.178 e. The molecule has 1 fully saturated rings. The molecule has 2 atom stereocenters. The molecule has 1 aliphatic rings. The molecule has 0 radical (unpaired) electrons. The van der Waals surface area contributed by atoms with Crippen molar-refractivity contribution in [3.05, 3.63) is 28.0 Å². The molecule has 102 valence electrons. The van der Waals surface area contributed by atoms with Gasteiger partial charge < -0.3 is 9.55 Å². The highest BCUT2D eigenvalue weighted by atomic mass is 35.5. The minimum absolute atomic E-state index is 0.518. The predicted octanol–water partition coefficient (Wildman–Crippen LogP) is 5.49. The summed E-state index contributed by atoms with van der Waals surface area (Å²) in [6.07, 6.45) is 6.52. The van der Waals surface area contributed by atoms with E-state index in [1.807, 2.05) is 12.1 Å². The van der Waals surface area contributed by atoms with Crippen LogP contribution >= 0.6 is 23.8 Å². The molecule has 1 aromatic heterocycles. The maximum atomic E-state index is 6.06. The first-order chi connectivity index (χ1) is 9.16. The number of rotatable bonds is 1. The molecule has 1 saturated carbocycles. The summed E-state index contributed by atoms with van der Waals surface area (Å²) in [6.45, 7) is 2.35. The molecular formula is C15H19ClN2S. The number of aromatic amines is 1. The Balaban J connectivity index is 2.13. The third-order valence-electron chi connectivity index (χ3n) is 4.33. The molecule has 1 N–H and O–H groups in total. The van der Waals surface area contributed by atoms with E-state index in [2.05, 4.69) is 22.5 Å². The summed E-state index contributed by atoms with van der Waals surface area (Å²) >= 11 is 11.6. The van der Waals surface area contributed by atoms with E-state index in [-0.39, 0.29) is 0 Å². The fourth-order valence-corrected chi connectivity index (χ4v) is 3.81. The number of imidazole rings is 1. The van der Waals surface area contributed by atoms with Gasteiger partial charge in [0.1, 0.15) is 0 Å². The SMILES string of the molecule is CC1CCCCCC1n1c(=S)[nH]c2cc(Cl)ccc21. The van der Waals surface area contributed by atoms with E-state index in [0.717, 1.165) is 15.3 Å². The Kier molecular flexibility index (Phi) is 3.68. The average molecular weight is 295 g/mol. The van der Waals surface area contributed by atoms with Crippen LogP contribution in [0, 0.1) is 10.7 Å². The molecule has 0 amide bonds. The smallest absolute Gasteiger partial charge is 0.178 e. The Bertz CT molecular complexity index is 643. The van der Waals surface area contributed by atoms with Crippen molar-refractivity contribution in [3.8, 4) is 0 Å². The number of fused-ring (bicyclic) bond motifs is 1. The van der Waals surface area contributed by atoms with Gasteiger partial charge >= 0.3 is 0 Å². The second-order valence-corrected chi connectivity index (χ2v) is 6.47. The highest BCUT2D eigenvalue weighted by Gasteiger charge is 2.23. The maximum absolute atomic E-state index is 6.06. The van der Waals surface area contributed by atoms with Crippen molar-refractivity contribution >= 4 is 34.9 Å². The Hall–Kier alpha value is -0.800. The summed E-state index contributed by atoms with van der Waals surface area (Å²) in [4.78, 5) is 3.30. The van der Waals surface area contributed by atoms with Gasteiger partial charge in [-0.15, -0.1) is 0 Å². The zero-order chi connectivity index (χ0) is 13.4. The van der Waals surface area contributed by atoms with E-state index in [1.165, 1.54) is 37.6 Å². The lowest BCUT2D eigenvalue weighted by Gasteiger charge is -2.23. The third kappa shape index (κ3) is 2.46. The van der Waals surface area contributed by atoms with E-state index < -0.39 is 0 Å².